The zero-order chi connectivity index (χ0) is 14.3. The van der Waals surface area contributed by atoms with E-state index in [1.807, 2.05) is 0 Å². The molecule has 0 aliphatic heterocycles. The second-order valence-electron chi connectivity index (χ2n) is 3.83. The quantitative estimate of drug-likeness (QED) is 0.794. The molecule has 0 fully saturated rings. The minimum Gasteiger partial charge on any atom is -0.406 e. The van der Waals surface area contributed by atoms with Crippen molar-refractivity contribution >= 4 is 24.0 Å². The van der Waals surface area contributed by atoms with Crippen LogP contribution in [-0.4, -0.2) is 25.9 Å². The van der Waals surface area contributed by atoms with E-state index >= 15 is 0 Å². The first kappa shape index (κ1) is 18.5. The molecule has 0 heterocycles. The molecule has 0 bridgehead atoms. The van der Waals surface area contributed by atoms with E-state index in [1.54, 1.807) is 7.05 Å². The minimum absolute atomic E-state index is 0. The number of anilines is 1. The van der Waals surface area contributed by atoms with Gasteiger partial charge in [0.2, 0.25) is 5.91 Å². The van der Waals surface area contributed by atoms with Crippen molar-refractivity contribution in [2.24, 2.45) is 0 Å². The molecule has 0 aliphatic carbocycles. The summed E-state index contributed by atoms with van der Waals surface area (Å²) in [5.74, 6) is -0.500. The van der Waals surface area contributed by atoms with Gasteiger partial charge in [0.1, 0.15) is 5.75 Å². The zero-order valence-corrected chi connectivity index (χ0v) is 11.6. The van der Waals surface area contributed by atoms with Crippen LogP contribution < -0.4 is 15.4 Å². The van der Waals surface area contributed by atoms with Crippen LogP contribution in [0.25, 0.3) is 0 Å². The number of halogens is 4. The van der Waals surface area contributed by atoms with E-state index < -0.39 is 6.36 Å². The van der Waals surface area contributed by atoms with Crippen molar-refractivity contribution in [1.82, 2.24) is 5.32 Å². The Balaban J connectivity index is 0.00000361. The number of carbonyl (C=O) groups is 1. The summed E-state index contributed by atoms with van der Waals surface area (Å²) in [6, 6.07) is 5.02. The van der Waals surface area contributed by atoms with E-state index in [9.17, 15) is 18.0 Å². The molecule has 114 valence electrons. The highest BCUT2D eigenvalue weighted by Gasteiger charge is 2.30. The van der Waals surface area contributed by atoms with Crippen LogP contribution in [-0.2, 0) is 4.79 Å². The molecule has 1 aromatic rings. The largest absolute Gasteiger partial charge is 0.573 e. The lowest BCUT2D eigenvalue weighted by molar-refractivity contribution is -0.274. The van der Waals surface area contributed by atoms with Crippen LogP contribution in [0.2, 0.25) is 0 Å². The van der Waals surface area contributed by atoms with Crippen LogP contribution in [0.1, 0.15) is 12.8 Å². The molecule has 0 atom stereocenters. The van der Waals surface area contributed by atoms with Gasteiger partial charge in [0, 0.05) is 12.1 Å². The fourth-order valence-corrected chi connectivity index (χ4v) is 1.39. The molecule has 4 nitrogen and oxygen atoms in total. The van der Waals surface area contributed by atoms with Crippen molar-refractivity contribution in [2.75, 3.05) is 18.9 Å². The zero-order valence-electron chi connectivity index (χ0n) is 10.8. The molecule has 0 aliphatic rings. The van der Waals surface area contributed by atoms with Gasteiger partial charge in [-0.05, 0) is 44.3 Å². The second-order valence-corrected chi connectivity index (χ2v) is 3.83. The SMILES string of the molecule is CNCCCC(=O)Nc1ccc(OC(F)(F)F)cc1.Cl. The fourth-order valence-electron chi connectivity index (χ4n) is 1.39. The molecule has 20 heavy (non-hydrogen) atoms. The maximum atomic E-state index is 11.9. The van der Waals surface area contributed by atoms with Crippen LogP contribution in [0.4, 0.5) is 18.9 Å². The lowest BCUT2D eigenvalue weighted by Crippen LogP contribution is -2.17. The summed E-state index contributed by atoms with van der Waals surface area (Å²) in [5, 5.41) is 5.50. The van der Waals surface area contributed by atoms with E-state index in [0.29, 0.717) is 18.5 Å². The molecule has 0 spiro atoms. The van der Waals surface area contributed by atoms with E-state index in [1.165, 1.54) is 12.1 Å². The first-order chi connectivity index (χ1) is 8.90. The molecule has 8 heteroatoms. The third kappa shape index (κ3) is 7.85. The Labute approximate surface area is 121 Å². The Bertz CT molecular complexity index is 410. The normalized spacial score (nSPS) is 10.6. The first-order valence-corrected chi connectivity index (χ1v) is 5.71. The number of amides is 1. The van der Waals surface area contributed by atoms with Gasteiger partial charge in [-0.3, -0.25) is 4.79 Å². The Morgan fingerprint density at radius 1 is 1.25 bits per heavy atom. The lowest BCUT2D eigenvalue weighted by atomic mass is 10.2. The molecule has 0 radical (unpaired) electrons. The molecular weight excluding hydrogens is 297 g/mol. The predicted octanol–water partition coefficient (Wildman–Crippen LogP) is 2.95. The summed E-state index contributed by atoms with van der Waals surface area (Å²) in [5.41, 5.74) is 0.434. The van der Waals surface area contributed by atoms with Crippen LogP contribution in [0.3, 0.4) is 0 Å². The average Bonchev–Trinajstić information content (AvgIpc) is 2.30. The van der Waals surface area contributed by atoms with Crippen LogP contribution in [0.15, 0.2) is 24.3 Å². The summed E-state index contributed by atoms with van der Waals surface area (Å²) >= 11 is 0. The lowest BCUT2D eigenvalue weighted by Gasteiger charge is -2.10. The number of hydrogen-bond donors (Lipinski definition) is 2. The van der Waals surface area contributed by atoms with Gasteiger partial charge in [-0.25, -0.2) is 0 Å². The van der Waals surface area contributed by atoms with Crippen molar-refractivity contribution in [1.29, 1.82) is 0 Å². The Kier molecular flexibility index (Phi) is 8.02. The number of hydrogen-bond acceptors (Lipinski definition) is 3. The smallest absolute Gasteiger partial charge is 0.406 e. The van der Waals surface area contributed by atoms with Gasteiger partial charge in [0.25, 0.3) is 0 Å². The predicted molar refractivity (Wildman–Crippen MR) is 72.2 cm³/mol. The van der Waals surface area contributed by atoms with E-state index in [-0.39, 0.29) is 24.1 Å². The molecule has 0 unspecified atom stereocenters. The molecular formula is C12H16ClF3N2O2. The fraction of sp³-hybridized carbons (Fsp3) is 0.417. The Hall–Kier alpha value is -1.47. The second kappa shape index (κ2) is 8.65. The number of rotatable bonds is 6. The number of benzene rings is 1. The van der Waals surface area contributed by atoms with Crippen molar-refractivity contribution < 1.29 is 22.7 Å². The molecule has 1 rings (SSSR count). The highest BCUT2D eigenvalue weighted by Crippen LogP contribution is 2.23. The van der Waals surface area contributed by atoms with Gasteiger partial charge in [0.05, 0.1) is 0 Å². The van der Waals surface area contributed by atoms with Crippen LogP contribution >= 0.6 is 12.4 Å². The monoisotopic (exact) mass is 312 g/mol. The van der Waals surface area contributed by atoms with Crippen molar-refractivity contribution in [2.45, 2.75) is 19.2 Å². The van der Waals surface area contributed by atoms with Gasteiger partial charge < -0.3 is 15.4 Å². The van der Waals surface area contributed by atoms with Gasteiger partial charge >= 0.3 is 6.36 Å². The van der Waals surface area contributed by atoms with E-state index in [4.69, 9.17) is 0 Å². The average molecular weight is 313 g/mol. The van der Waals surface area contributed by atoms with Crippen molar-refractivity contribution in [3.63, 3.8) is 0 Å². The number of nitrogens with one attached hydrogen (secondary N) is 2. The summed E-state index contributed by atoms with van der Waals surface area (Å²) in [6.07, 6.45) is -3.67. The van der Waals surface area contributed by atoms with E-state index in [2.05, 4.69) is 15.4 Å². The summed E-state index contributed by atoms with van der Waals surface area (Å²) in [7, 11) is 1.79. The molecule has 0 aromatic heterocycles. The summed E-state index contributed by atoms with van der Waals surface area (Å²) < 4.78 is 39.5. The van der Waals surface area contributed by atoms with Crippen molar-refractivity contribution in [3.8, 4) is 5.75 Å². The topological polar surface area (TPSA) is 50.4 Å². The number of carbonyl (C=O) groups excluding carboxylic acids is 1. The summed E-state index contributed by atoms with van der Waals surface area (Å²) in [6.45, 7) is 0.728. The Morgan fingerprint density at radius 2 is 1.85 bits per heavy atom. The standard InChI is InChI=1S/C12H15F3N2O2.ClH/c1-16-8-2-3-11(18)17-9-4-6-10(7-5-9)19-12(13,14)15;/h4-7,16H,2-3,8H2,1H3,(H,17,18);1H. The van der Waals surface area contributed by atoms with Gasteiger partial charge in [-0.2, -0.15) is 0 Å². The third-order valence-electron chi connectivity index (χ3n) is 2.20. The van der Waals surface area contributed by atoms with Crippen molar-refractivity contribution in [3.05, 3.63) is 24.3 Å². The number of ether oxygens (including phenoxy) is 1. The molecule has 2 N–H and O–H groups in total. The number of alkyl halides is 3. The Morgan fingerprint density at radius 3 is 2.35 bits per heavy atom. The molecule has 0 saturated carbocycles. The molecule has 1 aromatic carbocycles. The van der Waals surface area contributed by atoms with E-state index in [0.717, 1.165) is 18.7 Å². The third-order valence-corrected chi connectivity index (χ3v) is 2.20. The summed E-state index contributed by atoms with van der Waals surface area (Å²) in [4.78, 5) is 11.5. The minimum atomic E-state index is -4.71. The van der Waals surface area contributed by atoms with Gasteiger partial charge in [-0.15, -0.1) is 25.6 Å². The molecule has 0 saturated heterocycles. The van der Waals surface area contributed by atoms with Crippen LogP contribution in [0.5, 0.6) is 5.75 Å². The van der Waals surface area contributed by atoms with Gasteiger partial charge in [0.15, 0.2) is 0 Å². The first-order valence-electron chi connectivity index (χ1n) is 5.71. The highest BCUT2D eigenvalue weighted by atomic mass is 35.5. The van der Waals surface area contributed by atoms with Gasteiger partial charge in [-0.1, -0.05) is 0 Å². The maximum Gasteiger partial charge on any atom is 0.573 e. The highest BCUT2D eigenvalue weighted by molar-refractivity contribution is 5.90. The maximum absolute atomic E-state index is 11.9. The molecule has 1 amide bonds. The van der Waals surface area contributed by atoms with Crippen LogP contribution in [0, 0.1) is 0 Å².